The van der Waals surface area contributed by atoms with Crippen molar-refractivity contribution in [3.8, 4) is 0 Å². The maximum atomic E-state index is 11.8. The molecule has 0 aromatic heterocycles. The fourth-order valence-electron chi connectivity index (χ4n) is 2.25. The number of esters is 1. The summed E-state index contributed by atoms with van der Waals surface area (Å²) in [5, 5.41) is 0. The molecule has 0 saturated carbocycles. The van der Waals surface area contributed by atoms with E-state index < -0.39 is 0 Å². The van der Waals surface area contributed by atoms with Gasteiger partial charge in [0.05, 0.1) is 12.0 Å². The van der Waals surface area contributed by atoms with Gasteiger partial charge in [0.2, 0.25) is 0 Å². The summed E-state index contributed by atoms with van der Waals surface area (Å²) in [5.74, 6) is 0.493. The van der Waals surface area contributed by atoms with Gasteiger partial charge in [-0.1, -0.05) is 58.8 Å². The molecule has 0 aliphatic rings. The number of hydrogen-bond donors (Lipinski definition) is 0. The number of unbranched alkanes of at least 4 members (excludes halogenated alkanes) is 5. The summed E-state index contributed by atoms with van der Waals surface area (Å²) < 4.78 is 5.50. The summed E-state index contributed by atoms with van der Waals surface area (Å²) in [7, 11) is 0. The molecule has 0 bridgehead atoms. The zero-order chi connectivity index (χ0) is 15.4. The highest BCUT2D eigenvalue weighted by molar-refractivity contribution is 5.75. The third-order valence-corrected chi connectivity index (χ3v) is 3.74. The second-order valence-electron chi connectivity index (χ2n) is 7.06. The van der Waals surface area contributed by atoms with E-state index in [0.29, 0.717) is 12.5 Å². The quantitative estimate of drug-likeness (QED) is 0.357. The lowest BCUT2D eigenvalue weighted by atomic mass is 9.95. The van der Waals surface area contributed by atoms with E-state index in [1.54, 1.807) is 0 Å². The van der Waals surface area contributed by atoms with Crippen molar-refractivity contribution < 1.29 is 9.53 Å². The van der Waals surface area contributed by atoms with Crippen molar-refractivity contribution in [2.45, 2.75) is 92.4 Å². The zero-order valence-electron chi connectivity index (χ0n) is 14.5. The molecule has 120 valence electrons. The van der Waals surface area contributed by atoms with E-state index in [1.165, 1.54) is 57.8 Å². The van der Waals surface area contributed by atoms with Gasteiger partial charge >= 0.3 is 5.97 Å². The van der Waals surface area contributed by atoms with Crippen LogP contribution in [0.2, 0.25) is 0 Å². The minimum atomic E-state index is -0.379. The average Bonchev–Trinajstić information content (AvgIpc) is 2.39. The van der Waals surface area contributed by atoms with Crippen molar-refractivity contribution in [1.82, 2.24) is 0 Å². The summed E-state index contributed by atoms with van der Waals surface area (Å²) in [4.78, 5) is 11.8. The molecule has 2 heteroatoms. The van der Waals surface area contributed by atoms with Gasteiger partial charge in [-0.25, -0.2) is 0 Å². The average molecular weight is 284 g/mol. The molecule has 0 aromatic rings. The van der Waals surface area contributed by atoms with E-state index in [4.69, 9.17) is 4.74 Å². The number of carbonyl (C=O) groups excluding carboxylic acids is 1. The third kappa shape index (κ3) is 10.3. The lowest BCUT2D eigenvalue weighted by Gasteiger charge is -2.21. The molecule has 0 aromatic carbocycles. The van der Waals surface area contributed by atoms with Crippen LogP contribution in [-0.2, 0) is 9.53 Å². The van der Waals surface area contributed by atoms with Crippen LogP contribution in [0.1, 0.15) is 92.4 Å². The predicted octanol–water partition coefficient (Wildman–Crippen LogP) is 5.74. The summed E-state index contributed by atoms with van der Waals surface area (Å²) in [6.45, 7) is 10.8. The molecule has 0 spiro atoms. The Balaban J connectivity index is 3.98. The fourth-order valence-corrected chi connectivity index (χ4v) is 2.25. The standard InChI is InChI=1S/C18H36O2/c1-6-8-10-11-12-14-16(13-9-7-2)15-20-17(19)18(3,4)5/h16H,6-15H2,1-5H3. The van der Waals surface area contributed by atoms with Crippen molar-refractivity contribution in [3.05, 3.63) is 0 Å². The molecule has 0 fully saturated rings. The summed E-state index contributed by atoms with van der Waals surface area (Å²) in [5.41, 5.74) is -0.379. The third-order valence-electron chi connectivity index (χ3n) is 3.74. The number of hydrogen-bond acceptors (Lipinski definition) is 2. The predicted molar refractivity (Wildman–Crippen MR) is 86.8 cm³/mol. The van der Waals surface area contributed by atoms with Crippen LogP contribution in [0.3, 0.4) is 0 Å². The molecule has 1 atom stereocenters. The van der Waals surface area contributed by atoms with E-state index in [1.807, 2.05) is 20.8 Å². The second kappa shape index (κ2) is 11.2. The molecule has 0 N–H and O–H groups in total. The first-order chi connectivity index (χ1) is 9.41. The van der Waals surface area contributed by atoms with Crippen LogP contribution in [0.4, 0.5) is 0 Å². The maximum Gasteiger partial charge on any atom is 0.311 e. The molecule has 1 unspecified atom stereocenters. The molecular formula is C18H36O2. The largest absolute Gasteiger partial charge is 0.465 e. The van der Waals surface area contributed by atoms with Crippen LogP contribution in [0.5, 0.6) is 0 Å². The normalized spacial score (nSPS) is 13.2. The molecule has 0 saturated heterocycles. The van der Waals surface area contributed by atoms with E-state index in [2.05, 4.69) is 13.8 Å². The molecule has 0 aliphatic carbocycles. The topological polar surface area (TPSA) is 26.3 Å². The van der Waals surface area contributed by atoms with Gasteiger partial charge in [-0.2, -0.15) is 0 Å². The van der Waals surface area contributed by atoms with Gasteiger partial charge in [0, 0.05) is 0 Å². The first kappa shape index (κ1) is 19.5. The Kier molecular flexibility index (Phi) is 10.9. The Hall–Kier alpha value is -0.530. The van der Waals surface area contributed by atoms with Crippen molar-refractivity contribution in [1.29, 1.82) is 0 Å². The lowest BCUT2D eigenvalue weighted by Crippen LogP contribution is -2.25. The molecular weight excluding hydrogens is 248 g/mol. The highest BCUT2D eigenvalue weighted by Crippen LogP contribution is 2.21. The van der Waals surface area contributed by atoms with E-state index in [0.717, 1.165) is 0 Å². The number of ether oxygens (including phenoxy) is 1. The van der Waals surface area contributed by atoms with Crippen molar-refractivity contribution in [2.24, 2.45) is 11.3 Å². The van der Waals surface area contributed by atoms with Crippen LogP contribution in [0.25, 0.3) is 0 Å². The zero-order valence-corrected chi connectivity index (χ0v) is 14.5. The summed E-state index contributed by atoms with van der Waals surface area (Å²) in [6, 6.07) is 0. The first-order valence-corrected chi connectivity index (χ1v) is 8.59. The second-order valence-corrected chi connectivity index (χ2v) is 7.06. The molecule has 0 heterocycles. The minimum Gasteiger partial charge on any atom is -0.465 e. The van der Waals surface area contributed by atoms with Crippen molar-refractivity contribution in [3.63, 3.8) is 0 Å². The van der Waals surface area contributed by atoms with Gasteiger partial charge in [-0.3, -0.25) is 4.79 Å². The molecule has 0 aliphatic heterocycles. The van der Waals surface area contributed by atoms with Crippen LogP contribution in [0, 0.1) is 11.3 Å². The minimum absolute atomic E-state index is 0.0648. The monoisotopic (exact) mass is 284 g/mol. The summed E-state index contributed by atoms with van der Waals surface area (Å²) in [6.07, 6.45) is 11.5. The molecule has 20 heavy (non-hydrogen) atoms. The van der Waals surface area contributed by atoms with Gasteiger partial charge in [0.15, 0.2) is 0 Å². The lowest BCUT2D eigenvalue weighted by molar-refractivity contribution is -0.154. The van der Waals surface area contributed by atoms with Crippen LogP contribution in [0.15, 0.2) is 0 Å². The summed E-state index contributed by atoms with van der Waals surface area (Å²) >= 11 is 0. The Morgan fingerprint density at radius 2 is 1.45 bits per heavy atom. The SMILES string of the molecule is CCCCCCCC(CCCC)COC(=O)C(C)(C)C. The van der Waals surface area contributed by atoms with Gasteiger partial charge in [0.1, 0.15) is 0 Å². The van der Waals surface area contributed by atoms with E-state index in [-0.39, 0.29) is 11.4 Å². The van der Waals surface area contributed by atoms with Crippen molar-refractivity contribution in [2.75, 3.05) is 6.61 Å². The van der Waals surface area contributed by atoms with Gasteiger partial charge in [-0.15, -0.1) is 0 Å². The smallest absolute Gasteiger partial charge is 0.311 e. The van der Waals surface area contributed by atoms with Gasteiger partial charge in [0.25, 0.3) is 0 Å². The van der Waals surface area contributed by atoms with Gasteiger partial charge < -0.3 is 4.74 Å². The van der Waals surface area contributed by atoms with E-state index >= 15 is 0 Å². The Bertz CT molecular complexity index is 240. The van der Waals surface area contributed by atoms with Crippen molar-refractivity contribution >= 4 is 5.97 Å². The fraction of sp³-hybridized carbons (Fsp3) is 0.944. The number of rotatable bonds is 11. The molecule has 2 nitrogen and oxygen atoms in total. The van der Waals surface area contributed by atoms with Gasteiger partial charge in [-0.05, 0) is 39.5 Å². The Morgan fingerprint density at radius 3 is 2.00 bits per heavy atom. The Morgan fingerprint density at radius 1 is 0.900 bits per heavy atom. The molecule has 0 radical (unpaired) electrons. The van der Waals surface area contributed by atoms with Crippen LogP contribution < -0.4 is 0 Å². The molecule has 0 rings (SSSR count). The Labute approximate surface area is 126 Å². The van der Waals surface area contributed by atoms with E-state index in [9.17, 15) is 4.79 Å². The highest BCUT2D eigenvalue weighted by Gasteiger charge is 2.24. The van der Waals surface area contributed by atoms with Crippen LogP contribution in [-0.4, -0.2) is 12.6 Å². The highest BCUT2D eigenvalue weighted by atomic mass is 16.5. The molecule has 0 amide bonds. The first-order valence-electron chi connectivity index (χ1n) is 8.59. The number of carbonyl (C=O) groups is 1. The maximum absolute atomic E-state index is 11.8. The van der Waals surface area contributed by atoms with Crippen LogP contribution >= 0.6 is 0 Å².